The van der Waals surface area contributed by atoms with Crippen molar-refractivity contribution in [3.8, 4) is 17.0 Å². The number of carbonyl (C=O) groups is 1. The van der Waals surface area contributed by atoms with Crippen LogP contribution in [0.2, 0.25) is 0 Å². The molecule has 2 aromatic heterocycles. The summed E-state index contributed by atoms with van der Waals surface area (Å²) < 4.78 is 6.59. The van der Waals surface area contributed by atoms with Gasteiger partial charge in [-0.3, -0.25) is 4.79 Å². The number of halogens is 1. The van der Waals surface area contributed by atoms with Gasteiger partial charge in [0.1, 0.15) is 5.75 Å². The van der Waals surface area contributed by atoms with E-state index in [1.165, 1.54) is 0 Å². The van der Waals surface area contributed by atoms with Gasteiger partial charge in [0.15, 0.2) is 23.6 Å². The summed E-state index contributed by atoms with van der Waals surface area (Å²) >= 11 is 3.39. The summed E-state index contributed by atoms with van der Waals surface area (Å²) in [6, 6.07) is 17.2. The molecule has 1 fully saturated rings. The summed E-state index contributed by atoms with van der Waals surface area (Å²) in [5, 5.41) is 0. The monoisotopic (exact) mass is 519 g/mol. The molecule has 0 radical (unpaired) electrons. The lowest BCUT2D eigenvalue weighted by Crippen LogP contribution is -2.50. The number of rotatable bonds is 5. The average molecular weight is 520 g/mol. The van der Waals surface area contributed by atoms with Crippen LogP contribution < -0.4 is 15.4 Å². The first kappa shape index (κ1) is 22.0. The zero-order valence-corrected chi connectivity index (χ0v) is 19.9. The summed E-state index contributed by atoms with van der Waals surface area (Å²) in [5.74, 6) is 1.38. The van der Waals surface area contributed by atoms with E-state index in [0.717, 1.165) is 15.7 Å². The van der Waals surface area contributed by atoms with Crippen LogP contribution in [-0.2, 0) is 4.79 Å². The van der Waals surface area contributed by atoms with Crippen LogP contribution in [-0.4, -0.2) is 63.5 Å². The predicted molar refractivity (Wildman–Crippen MR) is 133 cm³/mol. The maximum atomic E-state index is 12.7. The fourth-order valence-electron chi connectivity index (χ4n) is 3.81. The molecule has 1 saturated heterocycles. The van der Waals surface area contributed by atoms with Crippen LogP contribution in [0.5, 0.6) is 5.75 Å². The van der Waals surface area contributed by atoms with Crippen molar-refractivity contribution in [1.29, 1.82) is 0 Å². The summed E-state index contributed by atoms with van der Waals surface area (Å²) in [7, 11) is 0. The first-order chi connectivity index (χ1) is 16.6. The molecule has 9 nitrogen and oxygen atoms in total. The van der Waals surface area contributed by atoms with E-state index in [9.17, 15) is 4.79 Å². The molecule has 1 aliphatic heterocycles. The molecule has 3 heterocycles. The van der Waals surface area contributed by atoms with Gasteiger partial charge in [-0.05, 0) is 24.3 Å². The lowest BCUT2D eigenvalue weighted by Gasteiger charge is -2.35. The highest BCUT2D eigenvalue weighted by molar-refractivity contribution is 9.10. The van der Waals surface area contributed by atoms with Crippen molar-refractivity contribution in [2.45, 2.75) is 0 Å². The number of nitrogens with zero attached hydrogens (tertiary/aromatic N) is 6. The minimum atomic E-state index is -0.0548. The molecular formula is C24H22BrN7O2. The van der Waals surface area contributed by atoms with Crippen molar-refractivity contribution in [2.75, 3.05) is 43.4 Å². The Kier molecular flexibility index (Phi) is 6.22. The van der Waals surface area contributed by atoms with Crippen molar-refractivity contribution in [3.63, 3.8) is 0 Å². The number of ether oxygens (including phenoxy) is 1. The molecule has 1 amide bonds. The Morgan fingerprint density at radius 3 is 2.44 bits per heavy atom. The first-order valence-corrected chi connectivity index (χ1v) is 11.6. The highest BCUT2D eigenvalue weighted by Gasteiger charge is 2.25. The number of piperazine rings is 1. The van der Waals surface area contributed by atoms with Crippen LogP contribution >= 0.6 is 15.9 Å². The third-order valence-electron chi connectivity index (χ3n) is 5.58. The number of hydrogen-bond acceptors (Lipinski definition) is 8. The SMILES string of the molecule is Nc1nc(N2CCN(C(=O)COc3ccc(Br)cc3)CC2)c2nc(-c3ccccc3)cnc2n1. The minimum absolute atomic E-state index is 0.00305. The van der Waals surface area contributed by atoms with E-state index in [4.69, 9.17) is 15.5 Å². The van der Waals surface area contributed by atoms with Crippen LogP contribution in [0.25, 0.3) is 22.4 Å². The summed E-state index contributed by atoms with van der Waals surface area (Å²) in [5.41, 5.74) is 8.70. The van der Waals surface area contributed by atoms with E-state index in [1.807, 2.05) is 54.6 Å². The van der Waals surface area contributed by atoms with Gasteiger partial charge in [-0.15, -0.1) is 0 Å². The van der Waals surface area contributed by atoms with Gasteiger partial charge in [0, 0.05) is 36.2 Å². The van der Waals surface area contributed by atoms with Gasteiger partial charge >= 0.3 is 0 Å². The summed E-state index contributed by atoms with van der Waals surface area (Å²) in [6.45, 7) is 2.26. The van der Waals surface area contributed by atoms with E-state index in [-0.39, 0.29) is 18.5 Å². The molecule has 5 rings (SSSR count). The van der Waals surface area contributed by atoms with Crippen molar-refractivity contribution in [3.05, 3.63) is 65.3 Å². The van der Waals surface area contributed by atoms with Crippen molar-refractivity contribution >= 4 is 44.8 Å². The molecule has 1 aliphatic rings. The Bertz CT molecular complexity index is 1310. The van der Waals surface area contributed by atoms with Gasteiger partial charge < -0.3 is 20.3 Å². The highest BCUT2D eigenvalue weighted by Crippen LogP contribution is 2.26. The molecule has 0 saturated carbocycles. The maximum Gasteiger partial charge on any atom is 0.260 e. The van der Waals surface area contributed by atoms with Crippen molar-refractivity contribution in [1.82, 2.24) is 24.8 Å². The molecule has 0 aliphatic carbocycles. The van der Waals surface area contributed by atoms with Gasteiger partial charge in [0.2, 0.25) is 5.95 Å². The zero-order chi connectivity index (χ0) is 23.5. The second kappa shape index (κ2) is 9.60. The summed E-state index contributed by atoms with van der Waals surface area (Å²) in [6.07, 6.45) is 1.69. The number of anilines is 2. The highest BCUT2D eigenvalue weighted by atomic mass is 79.9. The van der Waals surface area contributed by atoms with Crippen LogP contribution in [0.4, 0.5) is 11.8 Å². The molecule has 172 valence electrons. The number of carbonyl (C=O) groups excluding carboxylic acids is 1. The second-order valence-electron chi connectivity index (χ2n) is 7.81. The number of nitrogens with two attached hydrogens (primary N) is 1. The van der Waals surface area contributed by atoms with Crippen molar-refractivity contribution in [2.24, 2.45) is 0 Å². The van der Waals surface area contributed by atoms with Crippen molar-refractivity contribution < 1.29 is 9.53 Å². The van der Waals surface area contributed by atoms with Crippen LogP contribution in [0.1, 0.15) is 0 Å². The molecule has 0 unspecified atom stereocenters. The van der Waals surface area contributed by atoms with Gasteiger partial charge in [-0.1, -0.05) is 46.3 Å². The lowest BCUT2D eigenvalue weighted by molar-refractivity contribution is -0.133. The first-order valence-electron chi connectivity index (χ1n) is 10.8. The van der Waals surface area contributed by atoms with Gasteiger partial charge in [0.05, 0.1) is 11.9 Å². The molecule has 10 heteroatoms. The lowest BCUT2D eigenvalue weighted by atomic mass is 10.1. The van der Waals surface area contributed by atoms with Crippen LogP contribution in [0.3, 0.4) is 0 Å². The molecule has 4 aromatic rings. The van der Waals surface area contributed by atoms with E-state index in [1.54, 1.807) is 11.1 Å². The number of hydrogen-bond donors (Lipinski definition) is 1. The minimum Gasteiger partial charge on any atom is -0.484 e. The molecule has 2 N–H and O–H groups in total. The van der Waals surface area contributed by atoms with E-state index >= 15 is 0 Å². The van der Waals surface area contributed by atoms with Gasteiger partial charge in [-0.25, -0.2) is 9.97 Å². The van der Waals surface area contributed by atoms with Crippen LogP contribution in [0, 0.1) is 0 Å². The molecule has 34 heavy (non-hydrogen) atoms. The van der Waals surface area contributed by atoms with E-state index in [2.05, 4.69) is 35.8 Å². The second-order valence-corrected chi connectivity index (χ2v) is 8.72. The molecule has 0 bridgehead atoms. The van der Waals surface area contributed by atoms with Gasteiger partial charge in [0.25, 0.3) is 5.91 Å². The molecule has 0 atom stereocenters. The fraction of sp³-hybridized carbons (Fsp3) is 0.208. The Hall–Kier alpha value is -3.79. The quantitative estimate of drug-likeness (QED) is 0.428. The number of nitrogen functional groups attached to an aromatic ring is 1. The number of aromatic nitrogens is 4. The van der Waals surface area contributed by atoms with E-state index in [0.29, 0.717) is 48.9 Å². The molecular weight excluding hydrogens is 498 g/mol. The van der Waals surface area contributed by atoms with Crippen LogP contribution in [0.15, 0.2) is 65.3 Å². The number of benzene rings is 2. The number of fused-ring (bicyclic) bond motifs is 1. The Labute approximate surface area is 204 Å². The predicted octanol–water partition coefficient (Wildman–Crippen LogP) is 3.16. The smallest absolute Gasteiger partial charge is 0.260 e. The van der Waals surface area contributed by atoms with E-state index < -0.39 is 0 Å². The maximum absolute atomic E-state index is 12.7. The fourth-order valence-corrected chi connectivity index (χ4v) is 4.08. The third-order valence-corrected chi connectivity index (χ3v) is 6.11. The van der Waals surface area contributed by atoms with Gasteiger partial charge in [-0.2, -0.15) is 9.97 Å². The molecule has 0 spiro atoms. The Morgan fingerprint density at radius 2 is 1.71 bits per heavy atom. The largest absolute Gasteiger partial charge is 0.484 e. The zero-order valence-electron chi connectivity index (χ0n) is 18.3. The normalized spacial score (nSPS) is 13.8. The summed E-state index contributed by atoms with van der Waals surface area (Å²) in [4.78, 5) is 34.5. The topological polar surface area (TPSA) is 110 Å². The third kappa shape index (κ3) is 4.76. The standard InChI is InChI=1S/C24H22BrN7O2/c25-17-6-8-18(9-7-17)34-15-20(33)31-10-12-32(13-11-31)23-21-22(29-24(26)30-23)27-14-19(28-21)16-4-2-1-3-5-16/h1-9,14H,10-13,15H2,(H2,26,27,29,30). The molecule has 2 aromatic carbocycles. The average Bonchev–Trinajstić information content (AvgIpc) is 2.88. The number of amides is 1. The Morgan fingerprint density at radius 1 is 0.971 bits per heavy atom. The Balaban J connectivity index is 1.30.